The molecule has 0 spiro atoms. The minimum Gasteiger partial charge on any atom is -0.389 e. The van der Waals surface area contributed by atoms with Crippen LogP contribution < -0.4 is 5.32 Å². The fourth-order valence-corrected chi connectivity index (χ4v) is 3.45. The van der Waals surface area contributed by atoms with E-state index in [4.69, 9.17) is 0 Å². The Morgan fingerprint density at radius 1 is 1.32 bits per heavy atom. The average molecular weight is 282 g/mol. The minimum absolute atomic E-state index is 0.129. The summed E-state index contributed by atoms with van der Waals surface area (Å²) in [5.41, 5.74) is 0.736. The molecule has 1 aromatic rings. The Labute approximate surface area is 120 Å². The van der Waals surface area contributed by atoms with E-state index in [1.165, 1.54) is 11.4 Å². The molecule has 0 aromatic carbocycles. The van der Waals surface area contributed by atoms with Gasteiger partial charge in [-0.3, -0.25) is 0 Å². The number of nitrogens with one attached hydrogen (secondary N) is 1. The van der Waals surface area contributed by atoms with Crippen molar-refractivity contribution in [2.75, 3.05) is 6.54 Å². The Hall–Kier alpha value is -0.450. The van der Waals surface area contributed by atoms with Crippen LogP contribution in [0.4, 0.5) is 0 Å². The second-order valence-electron chi connectivity index (χ2n) is 6.78. The van der Waals surface area contributed by atoms with Gasteiger partial charge in [0.1, 0.15) is 0 Å². The molecule has 0 atom stereocenters. The fraction of sp³-hybridized carbons (Fsp3) is 0.800. The Morgan fingerprint density at radius 3 is 2.58 bits per heavy atom. The molecule has 2 N–H and O–H groups in total. The molecule has 4 heteroatoms. The SMILES string of the molecule is CC(C)(C)c1nc(CNCC2(O)CCCCC2)cs1. The number of rotatable bonds is 4. The first-order chi connectivity index (χ1) is 8.89. The van der Waals surface area contributed by atoms with E-state index in [1.54, 1.807) is 11.3 Å². The smallest absolute Gasteiger partial charge is 0.0982 e. The van der Waals surface area contributed by atoms with Crippen LogP contribution in [0.5, 0.6) is 0 Å². The molecule has 0 unspecified atom stereocenters. The van der Waals surface area contributed by atoms with Crippen LogP contribution in [0, 0.1) is 0 Å². The molecule has 19 heavy (non-hydrogen) atoms. The molecule has 0 bridgehead atoms. The molecular formula is C15H26N2OS. The average Bonchev–Trinajstić information content (AvgIpc) is 2.78. The van der Waals surface area contributed by atoms with Gasteiger partial charge in [-0.2, -0.15) is 0 Å². The molecule has 1 aliphatic rings. The first kappa shape index (κ1) is 14.9. The Morgan fingerprint density at radius 2 is 2.00 bits per heavy atom. The van der Waals surface area contributed by atoms with Gasteiger partial charge in [0.25, 0.3) is 0 Å². The molecule has 1 aliphatic carbocycles. The molecule has 1 aromatic heterocycles. The summed E-state index contributed by atoms with van der Waals surface area (Å²) in [7, 11) is 0. The Kier molecular flexibility index (Phi) is 4.64. The molecule has 0 radical (unpaired) electrons. The standard InChI is InChI=1S/C15H26N2OS/c1-14(2,3)13-17-12(10-19-13)9-16-11-15(18)7-5-4-6-8-15/h10,16,18H,4-9,11H2,1-3H3. The van der Waals surface area contributed by atoms with E-state index in [9.17, 15) is 5.11 Å². The zero-order chi connectivity index (χ0) is 13.9. The number of aliphatic hydroxyl groups is 1. The molecule has 1 saturated carbocycles. The van der Waals surface area contributed by atoms with Crippen molar-refractivity contribution in [1.82, 2.24) is 10.3 Å². The highest BCUT2D eigenvalue weighted by Gasteiger charge is 2.28. The number of aromatic nitrogens is 1. The second kappa shape index (κ2) is 5.90. The van der Waals surface area contributed by atoms with Gasteiger partial charge in [0.2, 0.25) is 0 Å². The maximum atomic E-state index is 10.4. The highest BCUT2D eigenvalue weighted by Crippen LogP contribution is 2.28. The molecule has 0 saturated heterocycles. The summed E-state index contributed by atoms with van der Waals surface area (Å²) < 4.78 is 0. The van der Waals surface area contributed by atoms with Gasteiger partial charge in [0.05, 0.1) is 16.3 Å². The number of hydrogen-bond acceptors (Lipinski definition) is 4. The molecule has 1 fully saturated rings. The maximum absolute atomic E-state index is 10.4. The van der Waals surface area contributed by atoms with Crippen LogP contribution in [-0.2, 0) is 12.0 Å². The van der Waals surface area contributed by atoms with E-state index in [0.29, 0.717) is 6.54 Å². The number of thiazole rings is 1. The minimum atomic E-state index is -0.485. The molecular weight excluding hydrogens is 256 g/mol. The zero-order valence-electron chi connectivity index (χ0n) is 12.3. The van der Waals surface area contributed by atoms with E-state index in [2.05, 4.69) is 36.5 Å². The van der Waals surface area contributed by atoms with Gasteiger partial charge < -0.3 is 10.4 Å². The quantitative estimate of drug-likeness (QED) is 0.891. The van der Waals surface area contributed by atoms with Gasteiger partial charge >= 0.3 is 0 Å². The van der Waals surface area contributed by atoms with Crippen LogP contribution in [0.2, 0.25) is 0 Å². The van der Waals surface area contributed by atoms with Gasteiger partial charge in [-0.05, 0) is 12.8 Å². The summed E-state index contributed by atoms with van der Waals surface area (Å²) in [4.78, 5) is 4.66. The van der Waals surface area contributed by atoms with Crippen LogP contribution in [0.15, 0.2) is 5.38 Å². The third-order valence-corrected chi connectivity index (χ3v) is 5.05. The Balaban J connectivity index is 1.81. The van der Waals surface area contributed by atoms with Crippen LogP contribution in [-0.4, -0.2) is 22.2 Å². The van der Waals surface area contributed by atoms with Crippen molar-refractivity contribution >= 4 is 11.3 Å². The van der Waals surface area contributed by atoms with Crippen molar-refractivity contribution in [3.05, 3.63) is 16.1 Å². The summed E-state index contributed by atoms with van der Waals surface area (Å²) in [5.74, 6) is 0. The third-order valence-electron chi connectivity index (χ3n) is 3.74. The van der Waals surface area contributed by atoms with Crippen molar-refractivity contribution < 1.29 is 5.11 Å². The lowest BCUT2D eigenvalue weighted by Crippen LogP contribution is -2.41. The molecule has 0 amide bonds. The summed E-state index contributed by atoms with van der Waals surface area (Å²) in [5, 5.41) is 17.1. The fourth-order valence-electron chi connectivity index (χ4n) is 2.54. The van der Waals surface area contributed by atoms with Crippen LogP contribution >= 0.6 is 11.3 Å². The van der Waals surface area contributed by atoms with Gasteiger partial charge in [-0.25, -0.2) is 4.98 Å². The molecule has 2 rings (SSSR count). The van der Waals surface area contributed by atoms with Crippen LogP contribution in [0.1, 0.15) is 63.6 Å². The lowest BCUT2D eigenvalue weighted by Gasteiger charge is -2.32. The highest BCUT2D eigenvalue weighted by molar-refractivity contribution is 7.09. The van der Waals surface area contributed by atoms with Crippen LogP contribution in [0.3, 0.4) is 0 Å². The third kappa shape index (κ3) is 4.26. The monoisotopic (exact) mass is 282 g/mol. The van der Waals surface area contributed by atoms with E-state index >= 15 is 0 Å². The van der Waals surface area contributed by atoms with Crippen molar-refractivity contribution in [1.29, 1.82) is 0 Å². The normalized spacial score (nSPS) is 19.6. The molecule has 3 nitrogen and oxygen atoms in total. The summed E-state index contributed by atoms with van der Waals surface area (Å²) >= 11 is 1.73. The summed E-state index contributed by atoms with van der Waals surface area (Å²) in [6.07, 6.45) is 5.45. The highest BCUT2D eigenvalue weighted by atomic mass is 32.1. The van der Waals surface area contributed by atoms with E-state index in [1.807, 2.05) is 0 Å². The van der Waals surface area contributed by atoms with E-state index in [-0.39, 0.29) is 5.41 Å². The molecule has 0 aliphatic heterocycles. The maximum Gasteiger partial charge on any atom is 0.0982 e. The van der Waals surface area contributed by atoms with Crippen molar-refractivity contribution in [3.63, 3.8) is 0 Å². The number of nitrogens with zero attached hydrogens (tertiary/aromatic N) is 1. The van der Waals surface area contributed by atoms with Gasteiger partial charge in [0.15, 0.2) is 0 Å². The summed E-state index contributed by atoms with van der Waals surface area (Å²) in [6, 6.07) is 0. The first-order valence-electron chi connectivity index (χ1n) is 7.27. The Bertz CT molecular complexity index is 403. The van der Waals surface area contributed by atoms with Crippen molar-refractivity contribution in [2.24, 2.45) is 0 Å². The van der Waals surface area contributed by atoms with E-state index in [0.717, 1.165) is 37.9 Å². The number of hydrogen-bond donors (Lipinski definition) is 2. The summed E-state index contributed by atoms with van der Waals surface area (Å²) in [6.45, 7) is 8.01. The molecule has 108 valence electrons. The first-order valence-corrected chi connectivity index (χ1v) is 8.15. The van der Waals surface area contributed by atoms with Crippen LogP contribution in [0.25, 0.3) is 0 Å². The lowest BCUT2D eigenvalue weighted by atomic mass is 9.85. The van der Waals surface area contributed by atoms with Gasteiger partial charge in [-0.15, -0.1) is 11.3 Å². The van der Waals surface area contributed by atoms with Crippen molar-refractivity contribution in [3.8, 4) is 0 Å². The predicted molar refractivity (Wildman–Crippen MR) is 80.6 cm³/mol. The predicted octanol–water partition coefficient (Wildman–Crippen LogP) is 3.23. The van der Waals surface area contributed by atoms with Crippen molar-refractivity contribution in [2.45, 2.75) is 70.4 Å². The lowest BCUT2D eigenvalue weighted by molar-refractivity contribution is 0.00462. The largest absolute Gasteiger partial charge is 0.389 e. The second-order valence-corrected chi connectivity index (χ2v) is 7.64. The van der Waals surface area contributed by atoms with Gasteiger partial charge in [0, 0.05) is 23.9 Å². The van der Waals surface area contributed by atoms with Gasteiger partial charge in [-0.1, -0.05) is 40.0 Å². The zero-order valence-corrected chi connectivity index (χ0v) is 13.1. The molecule has 1 heterocycles. The topological polar surface area (TPSA) is 45.2 Å². The van der Waals surface area contributed by atoms with E-state index < -0.39 is 5.60 Å².